The van der Waals surface area contributed by atoms with Crippen LogP contribution in [-0.2, 0) is 23.9 Å². The first-order valence-electron chi connectivity index (χ1n) is 11.5. The van der Waals surface area contributed by atoms with Crippen molar-refractivity contribution in [2.75, 3.05) is 23.9 Å². The van der Waals surface area contributed by atoms with Gasteiger partial charge in [0.25, 0.3) is 5.91 Å². The van der Waals surface area contributed by atoms with Crippen LogP contribution in [-0.4, -0.2) is 43.4 Å². The molecular formula is C26H24N2O7. The molecule has 2 aliphatic carbocycles. The topological polar surface area (TPSA) is 119 Å². The predicted octanol–water partition coefficient (Wildman–Crippen LogP) is 2.80. The Labute approximate surface area is 201 Å². The molecule has 1 aliphatic heterocycles. The SMILES string of the molecule is COC(=O)c1ccc(NC(=O)COC(=O)c2cccc(N3C(=O)C4C5CCC(C5)C4C3=O)c2)cc1. The van der Waals surface area contributed by atoms with Crippen LogP contribution in [0.4, 0.5) is 11.4 Å². The molecule has 3 aliphatic rings. The summed E-state index contributed by atoms with van der Waals surface area (Å²) in [6.45, 7) is -0.531. The maximum Gasteiger partial charge on any atom is 0.338 e. The van der Waals surface area contributed by atoms with Gasteiger partial charge in [0.15, 0.2) is 6.61 Å². The summed E-state index contributed by atoms with van der Waals surface area (Å²) in [7, 11) is 1.28. The van der Waals surface area contributed by atoms with E-state index < -0.39 is 24.5 Å². The predicted molar refractivity (Wildman–Crippen MR) is 123 cm³/mol. The summed E-state index contributed by atoms with van der Waals surface area (Å²) in [5.41, 5.74) is 1.24. The molecule has 35 heavy (non-hydrogen) atoms. The molecule has 9 nitrogen and oxygen atoms in total. The number of nitrogens with zero attached hydrogens (tertiary/aromatic N) is 1. The van der Waals surface area contributed by atoms with Gasteiger partial charge in [-0.2, -0.15) is 0 Å². The monoisotopic (exact) mass is 476 g/mol. The standard InChI is InChI=1S/C26H24N2O7/c1-34-25(32)14-7-9-18(10-8-14)27-20(29)13-35-26(33)17-3-2-4-19(12-17)28-23(30)21-15-5-6-16(11-15)22(21)24(28)31/h2-4,7-10,12,15-16,21-22H,5-6,11,13H2,1H3,(H,27,29). The number of amides is 3. The van der Waals surface area contributed by atoms with Gasteiger partial charge in [-0.1, -0.05) is 6.07 Å². The van der Waals surface area contributed by atoms with E-state index in [0.717, 1.165) is 19.3 Å². The minimum atomic E-state index is -0.748. The third kappa shape index (κ3) is 4.07. The number of carbonyl (C=O) groups is 5. The number of ether oxygens (including phenoxy) is 2. The van der Waals surface area contributed by atoms with Crippen LogP contribution in [0.25, 0.3) is 0 Å². The Morgan fingerprint density at radius 3 is 2.20 bits per heavy atom. The Bertz CT molecular complexity index is 1190. The Kier molecular flexibility index (Phi) is 5.84. The minimum absolute atomic E-state index is 0.137. The van der Waals surface area contributed by atoms with E-state index in [1.54, 1.807) is 12.1 Å². The van der Waals surface area contributed by atoms with E-state index in [4.69, 9.17) is 4.74 Å². The zero-order valence-electron chi connectivity index (χ0n) is 19.1. The van der Waals surface area contributed by atoms with Crippen LogP contribution < -0.4 is 10.2 Å². The molecular weight excluding hydrogens is 452 g/mol. The van der Waals surface area contributed by atoms with E-state index in [9.17, 15) is 24.0 Å². The van der Waals surface area contributed by atoms with Crippen molar-refractivity contribution in [1.82, 2.24) is 0 Å². The summed E-state index contributed by atoms with van der Waals surface area (Å²) in [5, 5.41) is 2.57. The molecule has 1 heterocycles. The number of imide groups is 1. The summed E-state index contributed by atoms with van der Waals surface area (Å²) in [4.78, 5) is 63.5. The van der Waals surface area contributed by atoms with Gasteiger partial charge < -0.3 is 14.8 Å². The lowest BCUT2D eigenvalue weighted by Crippen LogP contribution is -2.32. The first-order chi connectivity index (χ1) is 16.9. The van der Waals surface area contributed by atoms with E-state index in [2.05, 4.69) is 10.1 Å². The number of hydrogen-bond acceptors (Lipinski definition) is 7. The van der Waals surface area contributed by atoms with Crippen LogP contribution in [0.3, 0.4) is 0 Å². The van der Waals surface area contributed by atoms with Crippen molar-refractivity contribution in [2.45, 2.75) is 19.3 Å². The van der Waals surface area contributed by atoms with Crippen molar-refractivity contribution in [3.8, 4) is 0 Å². The molecule has 3 amide bonds. The summed E-state index contributed by atoms with van der Waals surface area (Å²) in [6, 6.07) is 12.2. The van der Waals surface area contributed by atoms with E-state index in [1.165, 1.54) is 48.4 Å². The molecule has 180 valence electrons. The Morgan fingerprint density at radius 1 is 0.914 bits per heavy atom. The quantitative estimate of drug-likeness (QED) is 0.503. The van der Waals surface area contributed by atoms with Gasteiger partial charge in [0.1, 0.15) is 0 Å². The smallest absolute Gasteiger partial charge is 0.338 e. The van der Waals surface area contributed by atoms with E-state index in [1.807, 2.05) is 0 Å². The maximum absolute atomic E-state index is 13.0. The molecule has 1 N–H and O–H groups in total. The molecule has 5 rings (SSSR count). The molecule has 1 saturated heterocycles. The summed E-state index contributed by atoms with van der Waals surface area (Å²) >= 11 is 0. The van der Waals surface area contributed by atoms with Crippen molar-refractivity contribution in [1.29, 1.82) is 0 Å². The van der Waals surface area contributed by atoms with Crippen LogP contribution in [0.1, 0.15) is 40.0 Å². The van der Waals surface area contributed by atoms with Gasteiger partial charge in [-0.25, -0.2) is 9.59 Å². The lowest BCUT2D eigenvalue weighted by atomic mass is 9.81. The number of methoxy groups -OCH3 is 1. The van der Waals surface area contributed by atoms with E-state index >= 15 is 0 Å². The fourth-order valence-electron chi connectivity index (χ4n) is 5.65. The van der Waals surface area contributed by atoms with Crippen LogP contribution in [0.5, 0.6) is 0 Å². The first kappa shape index (κ1) is 22.8. The third-order valence-electron chi connectivity index (χ3n) is 7.19. The van der Waals surface area contributed by atoms with Crippen LogP contribution in [0, 0.1) is 23.7 Å². The van der Waals surface area contributed by atoms with Crippen molar-refractivity contribution in [3.05, 3.63) is 59.7 Å². The van der Waals surface area contributed by atoms with Crippen LogP contribution >= 0.6 is 0 Å². The molecule has 2 saturated carbocycles. The molecule has 3 fully saturated rings. The van der Waals surface area contributed by atoms with Crippen molar-refractivity contribution >= 4 is 41.0 Å². The summed E-state index contributed by atoms with van der Waals surface area (Å²) < 4.78 is 9.74. The highest BCUT2D eigenvalue weighted by Gasteiger charge is 2.61. The van der Waals surface area contributed by atoms with Gasteiger partial charge in [0.05, 0.1) is 35.8 Å². The largest absolute Gasteiger partial charge is 0.465 e. The lowest BCUT2D eigenvalue weighted by Gasteiger charge is -2.19. The van der Waals surface area contributed by atoms with Gasteiger partial charge >= 0.3 is 11.9 Å². The zero-order valence-corrected chi connectivity index (χ0v) is 19.1. The van der Waals surface area contributed by atoms with Gasteiger partial charge in [-0.05, 0) is 73.6 Å². The highest BCUT2D eigenvalue weighted by molar-refractivity contribution is 6.22. The number of anilines is 2. The molecule has 2 aromatic rings. The second-order valence-corrected chi connectivity index (χ2v) is 9.14. The Morgan fingerprint density at radius 2 is 1.57 bits per heavy atom. The van der Waals surface area contributed by atoms with Gasteiger partial charge in [-0.3, -0.25) is 19.3 Å². The van der Waals surface area contributed by atoms with Crippen molar-refractivity contribution in [3.63, 3.8) is 0 Å². The van der Waals surface area contributed by atoms with Gasteiger partial charge in [0.2, 0.25) is 11.8 Å². The van der Waals surface area contributed by atoms with Crippen molar-refractivity contribution in [2.24, 2.45) is 23.7 Å². The molecule has 2 bridgehead atoms. The summed E-state index contributed by atoms with van der Waals surface area (Å²) in [5.74, 6) is -2.12. The number of carbonyl (C=O) groups excluding carboxylic acids is 5. The second-order valence-electron chi connectivity index (χ2n) is 9.14. The lowest BCUT2D eigenvalue weighted by molar-refractivity contribution is -0.123. The normalized spacial score (nSPS) is 24.3. The fraction of sp³-hybridized carbons (Fsp3) is 0.346. The average Bonchev–Trinajstić information content (AvgIpc) is 3.56. The number of esters is 2. The molecule has 4 unspecified atom stereocenters. The molecule has 0 spiro atoms. The number of benzene rings is 2. The minimum Gasteiger partial charge on any atom is -0.465 e. The van der Waals surface area contributed by atoms with Crippen LogP contribution in [0.15, 0.2) is 48.5 Å². The van der Waals surface area contributed by atoms with Gasteiger partial charge in [-0.15, -0.1) is 0 Å². The number of rotatable bonds is 6. The van der Waals surface area contributed by atoms with Crippen LogP contribution in [0.2, 0.25) is 0 Å². The zero-order chi connectivity index (χ0) is 24.7. The Hall–Kier alpha value is -4.01. The number of hydrogen-bond donors (Lipinski definition) is 1. The van der Waals surface area contributed by atoms with E-state index in [-0.39, 0.29) is 41.0 Å². The number of fused-ring (bicyclic) bond motifs is 5. The molecule has 2 aromatic carbocycles. The molecule has 4 atom stereocenters. The third-order valence-corrected chi connectivity index (χ3v) is 7.19. The number of nitrogens with one attached hydrogen (secondary N) is 1. The maximum atomic E-state index is 13.0. The highest BCUT2D eigenvalue weighted by atomic mass is 16.5. The molecule has 9 heteroatoms. The average molecular weight is 476 g/mol. The highest BCUT2D eigenvalue weighted by Crippen LogP contribution is 2.56. The molecule has 0 aromatic heterocycles. The summed E-state index contributed by atoms with van der Waals surface area (Å²) in [6.07, 6.45) is 2.93. The second kappa shape index (κ2) is 8.98. The fourth-order valence-corrected chi connectivity index (χ4v) is 5.65. The van der Waals surface area contributed by atoms with Crippen molar-refractivity contribution < 1.29 is 33.4 Å². The van der Waals surface area contributed by atoms with Gasteiger partial charge in [0, 0.05) is 5.69 Å². The Balaban J connectivity index is 1.20. The van der Waals surface area contributed by atoms with E-state index in [0.29, 0.717) is 16.9 Å². The first-order valence-corrected chi connectivity index (χ1v) is 11.5. The molecule has 0 radical (unpaired) electrons.